The van der Waals surface area contributed by atoms with Gasteiger partial charge in [0, 0.05) is 25.6 Å². The largest absolute Gasteiger partial charge is 0.391 e. The number of nitrogens with zero attached hydrogens (tertiary/aromatic N) is 1. The van der Waals surface area contributed by atoms with Gasteiger partial charge in [-0.25, -0.2) is 0 Å². The Morgan fingerprint density at radius 3 is 2.62 bits per heavy atom. The standard InChI is InChI=1S/C16H24N2O2.ClH/c1-10-5-4-6-12(11(10)2)9-18(3)16(20)13-7-14(17)15(19)8-13;/h4-6,13-15,19H,7-9,17H2,1-3H3;1H/t13-,14-,15-;/m0./s1. The van der Waals surface area contributed by atoms with Crippen LogP contribution in [0.2, 0.25) is 0 Å². The van der Waals surface area contributed by atoms with Crippen molar-refractivity contribution in [2.75, 3.05) is 7.05 Å². The first-order chi connectivity index (χ1) is 9.40. The van der Waals surface area contributed by atoms with Gasteiger partial charge in [0.15, 0.2) is 0 Å². The van der Waals surface area contributed by atoms with Crippen molar-refractivity contribution in [3.8, 4) is 0 Å². The summed E-state index contributed by atoms with van der Waals surface area (Å²) in [5.41, 5.74) is 9.42. The minimum absolute atomic E-state index is 0. The summed E-state index contributed by atoms with van der Waals surface area (Å²) >= 11 is 0. The zero-order valence-electron chi connectivity index (χ0n) is 12.9. The summed E-state index contributed by atoms with van der Waals surface area (Å²) in [5.74, 6) is -0.0620. The van der Waals surface area contributed by atoms with Crippen LogP contribution in [0.3, 0.4) is 0 Å². The molecule has 1 fully saturated rings. The number of aliphatic hydroxyl groups is 1. The molecule has 1 saturated carbocycles. The Morgan fingerprint density at radius 1 is 1.38 bits per heavy atom. The molecular weight excluding hydrogens is 288 g/mol. The molecule has 0 spiro atoms. The quantitative estimate of drug-likeness (QED) is 0.894. The lowest BCUT2D eigenvalue weighted by molar-refractivity contribution is -0.134. The smallest absolute Gasteiger partial charge is 0.225 e. The maximum Gasteiger partial charge on any atom is 0.225 e. The van der Waals surface area contributed by atoms with Crippen LogP contribution in [0.15, 0.2) is 18.2 Å². The van der Waals surface area contributed by atoms with Gasteiger partial charge >= 0.3 is 0 Å². The molecule has 1 amide bonds. The van der Waals surface area contributed by atoms with Crippen molar-refractivity contribution in [3.05, 3.63) is 34.9 Å². The minimum atomic E-state index is -0.543. The van der Waals surface area contributed by atoms with E-state index in [-0.39, 0.29) is 30.3 Å². The van der Waals surface area contributed by atoms with Gasteiger partial charge in [0.25, 0.3) is 0 Å². The average molecular weight is 313 g/mol. The highest BCUT2D eigenvalue weighted by molar-refractivity contribution is 5.85. The van der Waals surface area contributed by atoms with Gasteiger partial charge in [-0.1, -0.05) is 18.2 Å². The molecule has 0 aliphatic heterocycles. The van der Waals surface area contributed by atoms with Gasteiger partial charge < -0.3 is 15.7 Å². The number of carbonyl (C=O) groups excluding carboxylic acids is 1. The Kier molecular flexibility index (Phi) is 6.20. The normalized spacial score (nSPS) is 24.5. The second-order valence-corrected chi connectivity index (χ2v) is 5.95. The number of amides is 1. The van der Waals surface area contributed by atoms with Crippen LogP contribution >= 0.6 is 12.4 Å². The number of aliphatic hydroxyl groups excluding tert-OH is 1. The van der Waals surface area contributed by atoms with Gasteiger partial charge in [0.05, 0.1) is 6.10 Å². The van der Waals surface area contributed by atoms with Crippen LogP contribution in [-0.2, 0) is 11.3 Å². The van der Waals surface area contributed by atoms with Gasteiger partial charge in [0.1, 0.15) is 0 Å². The highest BCUT2D eigenvalue weighted by Crippen LogP contribution is 2.27. The predicted octanol–water partition coefficient (Wildman–Crippen LogP) is 1.78. The van der Waals surface area contributed by atoms with E-state index in [1.54, 1.807) is 4.90 Å². The third kappa shape index (κ3) is 3.96. The summed E-state index contributed by atoms with van der Waals surface area (Å²) in [7, 11) is 1.82. The summed E-state index contributed by atoms with van der Waals surface area (Å²) in [6, 6.07) is 5.89. The molecule has 1 aliphatic carbocycles. The first kappa shape index (κ1) is 18.0. The van der Waals surface area contributed by atoms with Crippen LogP contribution in [0.25, 0.3) is 0 Å². The Hall–Kier alpha value is -1.10. The van der Waals surface area contributed by atoms with Gasteiger partial charge in [-0.15, -0.1) is 12.4 Å². The van der Waals surface area contributed by atoms with Crippen LogP contribution in [0.1, 0.15) is 29.5 Å². The van der Waals surface area contributed by atoms with Crippen molar-refractivity contribution < 1.29 is 9.90 Å². The van der Waals surface area contributed by atoms with Crippen LogP contribution in [0.4, 0.5) is 0 Å². The van der Waals surface area contributed by atoms with E-state index in [0.29, 0.717) is 19.4 Å². The number of carbonyl (C=O) groups is 1. The zero-order chi connectivity index (χ0) is 14.9. The van der Waals surface area contributed by atoms with Gasteiger partial charge in [0.2, 0.25) is 5.91 Å². The summed E-state index contributed by atoms with van der Waals surface area (Å²) in [6.45, 7) is 4.76. The van der Waals surface area contributed by atoms with Gasteiger partial charge in [-0.2, -0.15) is 0 Å². The molecule has 1 aromatic carbocycles. The molecule has 118 valence electrons. The van der Waals surface area contributed by atoms with Gasteiger partial charge in [-0.05, 0) is 43.4 Å². The van der Waals surface area contributed by atoms with E-state index in [0.717, 1.165) is 0 Å². The summed E-state index contributed by atoms with van der Waals surface area (Å²) in [4.78, 5) is 14.1. The van der Waals surface area contributed by atoms with E-state index in [1.807, 2.05) is 13.1 Å². The van der Waals surface area contributed by atoms with Crippen molar-refractivity contribution in [1.29, 1.82) is 0 Å². The van der Waals surface area contributed by atoms with Crippen LogP contribution in [0, 0.1) is 19.8 Å². The fourth-order valence-corrected chi connectivity index (χ4v) is 2.88. The van der Waals surface area contributed by atoms with Crippen molar-refractivity contribution in [1.82, 2.24) is 4.90 Å². The molecular formula is C16H25ClN2O2. The molecule has 2 rings (SSSR count). The van der Waals surface area contributed by atoms with E-state index in [9.17, 15) is 9.90 Å². The van der Waals surface area contributed by atoms with Crippen molar-refractivity contribution in [2.45, 2.75) is 45.4 Å². The van der Waals surface area contributed by atoms with Crippen LogP contribution in [-0.4, -0.2) is 35.1 Å². The molecule has 21 heavy (non-hydrogen) atoms. The number of hydrogen-bond acceptors (Lipinski definition) is 3. The molecule has 3 N–H and O–H groups in total. The number of hydrogen-bond donors (Lipinski definition) is 2. The Labute approximate surface area is 132 Å². The lowest BCUT2D eigenvalue weighted by atomic mass is 10.0. The van der Waals surface area contributed by atoms with Crippen molar-refractivity contribution in [3.63, 3.8) is 0 Å². The maximum atomic E-state index is 12.4. The Morgan fingerprint density at radius 2 is 2.05 bits per heavy atom. The lowest BCUT2D eigenvalue weighted by Gasteiger charge is -2.22. The summed E-state index contributed by atoms with van der Waals surface area (Å²) < 4.78 is 0. The minimum Gasteiger partial charge on any atom is -0.391 e. The molecule has 0 radical (unpaired) electrons. The second kappa shape index (κ2) is 7.25. The number of benzene rings is 1. The second-order valence-electron chi connectivity index (χ2n) is 5.95. The first-order valence-corrected chi connectivity index (χ1v) is 7.14. The van der Waals surface area contributed by atoms with E-state index in [4.69, 9.17) is 5.73 Å². The predicted molar refractivity (Wildman–Crippen MR) is 86.3 cm³/mol. The van der Waals surface area contributed by atoms with Crippen LogP contribution in [0.5, 0.6) is 0 Å². The molecule has 0 unspecified atom stereocenters. The molecule has 3 atom stereocenters. The van der Waals surface area contributed by atoms with E-state index < -0.39 is 6.10 Å². The fraction of sp³-hybridized carbons (Fsp3) is 0.562. The van der Waals surface area contributed by atoms with E-state index in [1.165, 1.54) is 16.7 Å². The molecule has 0 aromatic heterocycles. The molecule has 0 saturated heterocycles. The van der Waals surface area contributed by atoms with E-state index in [2.05, 4.69) is 26.0 Å². The topological polar surface area (TPSA) is 66.6 Å². The number of aryl methyl sites for hydroxylation is 1. The van der Waals surface area contributed by atoms with E-state index >= 15 is 0 Å². The van der Waals surface area contributed by atoms with Crippen LogP contribution < -0.4 is 5.73 Å². The lowest BCUT2D eigenvalue weighted by Crippen LogP contribution is -2.32. The SMILES string of the molecule is Cc1cccc(CN(C)C(=O)[C@H]2C[C@H](N)[C@@H](O)C2)c1C.Cl. The summed E-state index contributed by atoms with van der Waals surface area (Å²) in [5, 5.41) is 9.67. The molecule has 1 aliphatic rings. The average Bonchev–Trinajstić information content (AvgIpc) is 2.74. The molecule has 0 bridgehead atoms. The van der Waals surface area contributed by atoms with Gasteiger partial charge in [-0.3, -0.25) is 4.79 Å². The highest BCUT2D eigenvalue weighted by Gasteiger charge is 2.36. The molecule has 0 heterocycles. The Balaban J connectivity index is 0.00000220. The number of nitrogens with two attached hydrogens (primary N) is 1. The number of rotatable bonds is 3. The zero-order valence-corrected chi connectivity index (χ0v) is 13.7. The Bertz CT molecular complexity index is 497. The maximum absolute atomic E-state index is 12.4. The third-order valence-corrected chi connectivity index (χ3v) is 4.43. The summed E-state index contributed by atoms with van der Waals surface area (Å²) in [6.07, 6.45) is 0.520. The highest BCUT2D eigenvalue weighted by atomic mass is 35.5. The van der Waals surface area contributed by atoms with Crippen molar-refractivity contribution >= 4 is 18.3 Å². The monoisotopic (exact) mass is 312 g/mol. The fourth-order valence-electron chi connectivity index (χ4n) is 2.88. The van der Waals surface area contributed by atoms with Crippen molar-refractivity contribution in [2.24, 2.45) is 11.7 Å². The molecule has 5 heteroatoms. The molecule has 4 nitrogen and oxygen atoms in total. The molecule has 1 aromatic rings. The third-order valence-electron chi connectivity index (χ3n) is 4.43. The first-order valence-electron chi connectivity index (χ1n) is 7.14. The number of halogens is 1.